The number of benzene rings is 1. The average molecular weight is 469 g/mol. The molecule has 0 bridgehead atoms. The summed E-state index contributed by atoms with van der Waals surface area (Å²) in [5.41, 5.74) is 4.14. The smallest absolute Gasteiger partial charge is 0.187 e. The molecule has 8 heteroatoms. The number of aliphatic hydroxyl groups is 2. The van der Waals surface area contributed by atoms with Crippen molar-refractivity contribution in [1.82, 2.24) is 14.5 Å². The fourth-order valence-electron chi connectivity index (χ4n) is 4.01. The van der Waals surface area contributed by atoms with E-state index >= 15 is 0 Å². The van der Waals surface area contributed by atoms with Crippen LogP contribution in [0.25, 0.3) is 21.6 Å². The van der Waals surface area contributed by atoms with Crippen LogP contribution in [0.3, 0.4) is 0 Å². The monoisotopic (exact) mass is 468 g/mol. The molecule has 0 amide bonds. The van der Waals surface area contributed by atoms with Gasteiger partial charge in [-0.3, -0.25) is 14.7 Å². The van der Waals surface area contributed by atoms with Crippen LogP contribution in [0.15, 0.2) is 41.0 Å². The van der Waals surface area contributed by atoms with Crippen LogP contribution in [0.5, 0.6) is 0 Å². The third-order valence-electron chi connectivity index (χ3n) is 5.52. The van der Waals surface area contributed by atoms with Gasteiger partial charge in [0.1, 0.15) is 0 Å². The molecular weight excluding hydrogens is 448 g/mol. The van der Waals surface area contributed by atoms with E-state index in [1.807, 2.05) is 34.6 Å². The Balaban J connectivity index is 1.76. The molecule has 1 aliphatic rings. The molecule has 0 radical (unpaired) electrons. The first-order chi connectivity index (χ1) is 14.4. The Kier molecular flexibility index (Phi) is 5.71. The summed E-state index contributed by atoms with van der Waals surface area (Å²) in [4.78, 5) is 23.1. The van der Waals surface area contributed by atoms with Crippen molar-refractivity contribution in [3.63, 3.8) is 0 Å². The Hall–Kier alpha value is -2.57. The molecule has 1 saturated heterocycles. The number of rotatable bonds is 4. The number of fused-ring (bicyclic) bond motifs is 1. The molecule has 4 rings (SSSR count). The lowest BCUT2D eigenvalue weighted by Gasteiger charge is -2.32. The van der Waals surface area contributed by atoms with Crippen LogP contribution in [0.1, 0.15) is 22.5 Å². The van der Waals surface area contributed by atoms with E-state index in [2.05, 4.69) is 25.8 Å². The van der Waals surface area contributed by atoms with E-state index in [0.29, 0.717) is 29.7 Å². The minimum Gasteiger partial charge on any atom is -0.390 e. The van der Waals surface area contributed by atoms with Crippen LogP contribution in [-0.2, 0) is 0 Å². The van der Waals surface area contributed by atoms with Gasteiger partial charge in [-0.05, 0) is 47.5 Å². The number of piperidine rings is 1. The van der Waals surface area contributed by atoms with Crippen molar-refractivity contribution in [3.8, 4) is 5.69 Å². The molecular formula is C22H21BrN4O3. The summed E-state index contributed by atoms with van der Waals surface area (Å²) in [6, 6.07) is 9.15. The Morgan fingerprint density at radius 2 is 2.03 bits per heavy atom. The van der Waals surface area contributed by atoms with E-state index in [4.69, 9.17) is 6.57 Å². The quantitative estimate of drug-likeness (QED) is 0.453. The van der Waals surface area contributed by atoms with Crippen LogP contribution in [0.4, 0.5) is 5.69 Å². The number of likely N-dealkylation sites (tertiary alicyclic amines) is 1. The summed E-state index contributed by atoms with van der Waals surface area (Å²) in [5.74, 6) is -0.0764. The van der Waals surface area contributed by atoms with Gasteiger partial charge < -0.3 is 14.8 Å². The second-order valence-electron chi connectivity index (χ2n) is 7.53. The SMILES string of the molecule is [C-]#[N+]c1ccc(-n2c(C)c(C(=O)CN3CC[C@@H](O)[C@@H](O)C3)c3ncc(Br)cc32)cc1. The normalized spacial score (nSPS) is 19.7. The molecule has 0 saturated carbocycles. The number of carbonyl (C=O) groups is 1. The molecule has 3 heterocycles. The van der Waals surface area contributed by atoms with E-state index in [1.54, 1.807) is 18.3 Å². The number of ketones is 1. The molecule has 30 heavy (non-hydrogen) atoms. The van der Waals surface area contributed by atoms with Gasteiger partial charge in [-0.2, -0.15) is 0 Å². The predicted molar refractivity (Wildman–Crippen MR) is 117 cm³/mol. The number of aromatic nitrogens is 2. The highest BCUT2D eigenvalue weighted by Gasteiger charge is 2.29. The van der Waals surface area contributed by atoms with Crippen LogP contribution in [0, 0.1) is 13.5 Å². The minimum absolute atomic E-state index is 0.0764. The maximum Gasteiger partial charge on any atom is 0.187 e. The molecule has 0 unspecified atom stereocenters. The first-order valence-corrected chi connectivity index (χ1v) is 10.4. The molecule has 2 atom stereocenters. The summed E-state index contributed by atoms with van der Waals surface area (Å²) < 4.78 is 2.78. The first-order valence-electron chi connectivity index (χ1n) is 9.65. The highest BCUT2D eigenvalue weighted by atomic mass is 79.9. The lowest BCUT2D eigenvalue weighted by molar-refractivity contribution is -0.0363. The summed E-state index contributed by atoms with van der Waals surface area (Å²) in [6.07, 6.45) is 0.529. The number of aliphatic hydroxyl groups excluding tert-OH is 2. The number of β-amino-alcohol motifs (C(OH)–C–C–N with tert-alkyl or cyclic N) is 1. The summed E-state index contributed by atoms with van der Waals surface area (Å²) >= 11 is 3.46. The van der Waals surface area contributed by atoms with Crippen LogP contribution in [0.2, 0.25) is 0 Å². The van der Waals surface area contributed by atoms with Gasteiger partial charge in [0, 0.05) is 35.1 Å². The topological polar surface area (TPSA) is 83.0 Å². The van der Waals surface area contributed by atoms with Crippen molar-refractivity contribution >= 4 is 38.4 Å². The Labute approximate surface area is 182 Å². The fourth-order valence-corrected chi connectivity index (χ4v) is 4.33. The van der Waals surface area contributed by atoms with Crippen molar-refractivity contribution < 1.29 is 15.0 Å². The van der Waals surface area contributed by atoms with Crippen molar-refractivity contribution in [2.24, 2.45) is 0 Å². The van der Waals surface area contributed by atoms with Gasteiger partial charge in [0.2, 0.25) is 0 Å². The van der Waals surface area contributed by atoms with Crippen molar-refractivity contribution in [2.45, 2.75) is 25.6 Å². The number of pyridine rings is 1. The van der Waals surface area contributed by atoms with E-state index in [0.717, 1.165) is 21.4 Å². The summed E-state index contributed by atoms with van der Waals surface area (Å²) in [7, 11) is 0. The Bertz CT molecular complexity index is 1150. The van der Waals surface area contributed by atoms with E-state index in [1.165, 1.54) is 0 Å². The molecule has 2 aromatic heterocycles. The van der Waals surface area contributed by atoms with Crippen LogP contribution in [-0.4, -0.2) is 62.3 Å². The Morgan fingerprint density at radius 1 is 1.30 bits per heavy atom. The third kappa shape index (κ3) is 3.77. The third-order valence-corrected chi connectivity index (χ3v) is 5.96. The van der Waals surface area contributed by atoms with E-state index in [-0.39, 0.29) is 18.9 Å². The molecule has 154 valence electrons. The number of hydrogen-bond acceptors (Lipinski definition) is 5. The molecule has 2 N–H and O–H groups in total. The Morgan fingerprint density at radius 3 is 2.70 bits per heavy atom. The number of Topliss-reactive ketones (excluding diaryl/α,β-unsaturated/α-hetero) is 1. The maximum atomic E-state index is 13.3. The van der Waals surface area contributed by atoms with Gasteiger partial charge in [-0.1, -0.05) is 12.1 Å². The van der Waals surface area contributed by atoms with Gasteiger partial charge in [0.05, 0.1) is 41.9 Å². The predicted octanol–water partition coefficient (Wildman–Crippen LogP) is 3.26. The highest BCUT2D eigenvalue weighted by molar-refractivity contribution is 9.10. The summed E-state index contributed by atoms with van der Waals surface area (Å²) in [5, 5.41) is 19.7. The molecule has 0 spiro atoms. The highest BCUT2D eigenvalue weighted by Crippen LogP contribution is 2.31. The molecule has 3 aromatic rings. The lowest BCUT2D eigenvalue weighted by Crippen LogP contribution is -2.48. The van der Waals surface area contributed by atoms with Gasteiger partial charge in [-0.25, -0.2) is 4.85 Å². The second-order valence-corrected chi connectivity index (χ2v) is 8.44. The zero-order chi connectivity index (χ0) is 21.4. The van der Waals surface area contributed by atoms with Crippen LogP contribution < -0.4 is 0 Å². The fraction of sp³-hybridized carbons (Fsp3) is 0.318. The largest absolute Gasteiger partial charge is 0.390 e. The lowest BCUT2D eigenvalue weighted by atomic mass is 10.0. The van der Waals surface area contributed by atoms with Gasteiger partial charge in [0.25, 0.3) is 0 Å². The van der Waals surface area contributed by atoms with E-state index in [9.17, 15) is 15.0 Å². The average Bonchev–Trinajstić information content (AvgIpc) is 3.02. The zero-order valence-electron chi connectivity index (χ0n) is 16.4. The van der Waals surface area contributed by atoms with Crippen molar-refractivity contribution in [2.75, 3.05) is 19.6 Å². The zero-order valence-corrected chi connectivity index (χ0v) is 18.0. The molecule has 1 aromatic carbocycles. The molecule has 0 aliphatic carbocycles. The van der Waals surface area contributed by atoms with Gasteiger partial charge in [0.15, 0.2) is 11.5 Å². The second kappa shape index (κ2) is 8.28. The number of nitrogens with zero attached hydrogens (tertiary/aromatic N) is 4. The van der Waals surface area contributed by atoms with Crippen molar-refractivity contribution in [1.29, 1.82) is 0 Å². The van der Waals surface area contributed by atoms with Crippen molar-refractivity contribution in [3.05, 3.63) is 63.7 Å². The molecule has 7 nitrogen and oxygen atoms in total. The maximum absolute atomic E-state index is 13.3. The number of hydrogen-bond donors (Lipinski definition) is 2. The standard InChI is InChI=1S/C22H21BrN4O3/c1-13-21(20(30)12-26-8-7-18(28)19(29)11-26)22-17(9-14(23)10-25-22)27(13)16-5-3-15(24-2)4-6-16/h3-6,9-10,18-19,28-29H,7-8,11-12H2,1H3/t18-,19+/m1/s1. The number of carbonyl (C=O) groups excluding carboxylic acids is 1. The van der Waals surface area contributed by atoms with Crippen LogP contribution >= 0.6 is 15.9 Å². The van der Waals surface area contributed by atoms with E-state index < -0.39 is 12.2 Å². The number of halogens is 1. The molecule has 1 aliphatic heterocycles. The van der Waals surface area contributed by atoms with Gasteiger partial charge >= 0.3 is 0 Å². The minimum atomic E-state index is -0.843. The first kappa shape index (κ1) is 20.7. The summed E-state index contributed by atoms with van der Waals surface area (Å²) in [6.45, 7) is 10.0. The molecule has 1 fully saturated rings. The van der Waals surface area contributed by atoms with Gasteiger partial charge in [-0.15, -0.1) is 0 Å².